The zero-order chi connectivity index (χ0) is 15.7. The largest absolute Gasteiger partial charge is 0.373 e. The Morgan fingerprint density at radius 2 is 2.00 bits per heavy atom. The third-order valence-corrected chi connectivity index (χ3v) is 7.12. The van der Waals surface area contributed by atoms with E-state index >= 15 is 0 Å². The minimum atomic E-state index is -1.51. The van der Waals surface area contributed by atoms with E-state index in [2.05, 4.69) is 90.7 Å². The van der Waals surface area contributed by atoms with Crippen LogP contribution in [0.4, 0.5) is 0 Å². The van der Waals surface area contributed by atoms with Crippen LogP contribution in [0.25, 0.3) is 0 Å². The molecular formula is C18H25BrOSi. The van der Waals surface area contributed by atoms with Crippen molar-refractivity contribution in [3.05, 3.63) is 65.3 Å². The first-order valence-corrected chi connectivity index (χ1v) is 11.2. The van der Waals surface area contributed by atoms with E-state index in [1.165, 1.54) is 5.19 Å². The number of ether oxygens (including phenoxy) is 1. The highest BCUT2D eigenvalue weighted by Gasteiger charge is 2.18. The lowest BCUT2D eigenvalue weighted by atomic mass is 10.3. The smallest absolute Gasteiger partial charge is 0.104 e. The molecule has 1 aromatic carbocycles. The molecule has 0 saturated carbocycles. The molecule has 0 amide bonds. The molecule has 0 fully saturated rings. The predicted molar refractivity (Wildman–Crippen MR) is 99.9 cm³/mol. The standard InChI is InChI=1S/C18H25BrOSi/c1-5-6-14-20-16(2)18(19)13-10-15-21(3,4)17-11-8-7-9-12-17/h5,7-13,15-16H,1,6,14H2,2-4H3/b15-10+,18-13-. The number of halogens is 1. The van der Waals surface area contributed by atoms with E-state index in [4.69, 9.17) is 4.74 Å². The molecule has 114 valence electrons. The van der Waals surface area contributed by atoms with Crippen LogP contribution in [0.1, 0.15) is 13.3 Å². The molecule has 0 heterocycles. The predicted octanol–water partition coefficient (Wildman–Crippen LogP) is 4.96. The Kier molecular flexibility index (Phi) is 7.94. The lowest BCUT2D eigenvalue weighted by Crippen LogP contribution is -2.39. The molecule has 1 unspecified atom stereocenters. The Morgan fingerprint density at radius 1 is 1.33 bits per heavy atom. The van der Waals surface area contributed by atoms with Crippen LogP contribution in [0.5, 0.6) is 0 Å². The van der Waals surface area contributed by atoms with Crippen molar-refractivity contribution in [1.82, 2.24) is 0 Å². The Balaban J connectivity index is 2.63. The summed E-state index contributed by atoms with van der Waals surface area (Å²) in [5, 5.41) is 1.45. The molecule has 1 nitrogen and oxygen atoms in total. The van der Waals surface area contributed by atoms with Gasteiger partial charge >= 0.3 is 0 Å². The van der Waals surface area contributed by atoms with E-state index < -0.39 is 8.07 Å². The van der Waals surface area contributed by atoms with Crippen LogP contribution in [0.15, 0.2) is 65.3 Å². The second kappa shape index (κ2) is 9.18. The fraction of sp³-hybridized carbons (Fsp3) is 0.333. The van der Waals surface area contributed by atoms with Gasteiger partial charge in [-0.15, -0.1) is 6.58 Å². The Morgan fingerprint density at radius 3 is 2.62 bits per heavy atom. The maximum absolute atomic E-state index is 5.70. The second-order valence-electron chi connectivity index (χ2n) is 5.59. The molecule has 0 saturated heterocycles. The lowest BCUT2D eigenvalue weighted by Gasteiger charge is -2.18. The minimum absolute atomic E-state index is 0.0797. The van der Waals surface area contributed by atoms with Crippen LogP contribution in [-0.4, -0.2) is 20.8 Å². The Labute approximate surface area is 138 Å². The molecule has 0 N–H and O–H groups in total. The summed E-state index contributed by atoms with van der Waals surface area (Å²) < 4.78 is 6.77. The van der Waals surface area contributed by atoms with Crippen molar-refractivity contribution in [2.75, 3.05) is 6.61 Å². The molecule has 1 aromatic rings. The normalized spacial score (nSPS) is 14.4. The van der Waals surface area contributed by atoms with E-state index in [1.54, 1.807) is 0 Å². The van der Waals surface area contributed by atoms with Gasteiger partial charge in [0.05, 0.1) is 12.7 Å². The molecular weight excluding hydrogens is 340 g/mol. The molecule has 0 aliphatic rings. The molecule has 0 aliphatic carbocycles. The first kappa shape index (κ1) is 18.1. The zero-order valence-corrected chi connectivity index (χ0v) is 15.8. The maximum Gasteiger partial charge on any atom is 0.104 e. The summed E-state index contributed by atoms with van der Waals surface area (Å²) in [6.45, 7) is 11.2. The number of hydrogen-bond acceptors (Lipinski definition) is 1. The number of rotatable bonds is 8. The fourth-order valence-electron chi connectivity index (χ4n) is 1.89. The monoisotopic (exact) mass is 364 g/mol. The van der Waals surface area contributed by atoms with E-state index in [0.29, 0.717) is 6.61 Å². The molecule has 21 heavy (non-hydrogen) atoms. The third kappa shape index (κ3) is 6.59. The van der Waals surface area contributed by atoms with Crippen molar-refractivity contribution in [3.8, 4) is 0 Å². The molecule has 0 spiro atoms. The minimum Gasteiger partial charge on any atom is -0.373 e. The Hall–Kier alpha value is -0.903. The number of allylic oxidation sites excluding steroid dienone is 2. The second-order valence-corrected chi connectivity index (χ2v) is 10.9. The highest BCUT2D eigenvalue weighted by molar-refractivity contribution is 9.11. The average Bonchev–Trinajstić information content (AvgIpc) is 2.48. The average molecular weight is 365 g/mol. The Bertz CT molecular complexity index is 491. The molecule has 0 aromatic heterocycles. The van der Waals surface area contributed by atoms with Crippen LogP contribution in [-0.2, 0) is 4.74 Å². The van der Waals surface area contributed by atoms with Gasteiger partial charge < -0.3 is 4.74 Å². The van der Waals surface area contributed by atoms with Crippen molar-refractivity contribution in [1.29, 1.82) is 0 Å². The molecule has 1 rings (SSSR count). The fourth-order valence-corrected chi connectivity index (χ4v) is 3.99. The highest BCUT2D eigenvalue weighted by atomic mass is 79.9. The van der Waals surface area contributed by atoms with Crippen LogP contribution in [0, 0.1) is 0 Å². The van der Waals surface area contributed by atoms with E-state index in [1.807, 2.05) is 6.08 Å². The summed E-state index contributed by atoms with van der Waals surface area (Å²) in [4.78, 5) is 0. The summed E-state index contributed by atoms with van der Waals surface area (Å²) >= 11 is 3.59. The van der Waals surface area contributed by atoms with Gasteiger partial charge in [-0.3, -0.25) is 0 Å². The van der Waals surface area contributed by atoms with Crippen LogP contribution < -0.4 is 5.19 Å². The van der Waals surface area contributed by atoms with Gasteiger partial charge in [-0.25, -0.2) is 0 Å². The number of benzene rings is 1. The first-order chi connectivity index (χ1) is 9.97. The van der Waals surface area contributed by atoms with Gasteiger partial charge in [-0.2, -0.15) is 0 Å². The van der Waals surface area contributed by atoms with Gasteiger partial charge in [0.15, 0.2) is 0 Å². The van der Waals surface area contributed by atoms with E-state index in [0.717, 1.165) is 10.9 Å². The summed E-state index contributed by atoms with van der Waals surface area (Å²) in [6, 6.07) is 10.7. The van der Waals surface area contributed by atoms with Crippen molar-refractivity contribution in [2.45, 2.75) is 32.5 Å². The molecule has 0 bridgehead atoms. The van der Waals surface area contributed by atoms with Gasteiger partial charge in [0.25, 0.3) is 0 Å². The topological polar surface area (TPSA) is 9.23 Å². The summed E-state index contributed by atoms with van der Waals surface area (Å²) in [7, 11) is -1.51. The lowest BCUT2D eigenvalue weighted by molar-refractivity contribution is 0.0996. The van der Waals surface area contributed by atoms with Crippen molar-refractivity contribution in [2.24, 2.45) is 0 Å². The maximum atomic E-state index is 5.70. The highest BCUT2D eigenvalue weighted by Crippen LogP contribution is 2.15. The van der Waals surface area contributed by atoms with E-state index in [-0.39, 0.29) is 6.10 Å². The summed E-state index contributed by atoms with van der Waals surface area (Å²) in [5.41, 5.74) is 2.35. The third-order valence-electron chi connectivity index (χ3n) is 3.36. The summed E-state index contributed by atoms with van der Waals surface area (Å²) in [6.07, 6.45) is 7.08. The summed E-state index contributed by atoms with van der Waals surface area (Å²) in [5.74, 6) is 0. The van der Waals surface area contributed by atoms with Gasteiger partial charge in [0, 0.05) is 4.48 Å². The van der Waals surface area contributed by atoms with Crippen molar-refractivity contribution < 1.29 is 4.74 Å². The van der Waals surface area contributed by atoms with Crippen molar-refractivity contribution >= 4 is 29.2 Å². The first-order valence-electron chi connectivity index (χ1n) is 7.30. The van der Waals surface area contributed by atoms with Gasteiger partial charge in [0.1, 0.15) is 8.07 Å². The van der Waals surface area contributed by atoms with Gasteiger partial charge in [-0.05, 0) is 13.3 Å². The quantitative estimate of drug-likeness (QED) is 0.274. The molecule has 0 radical (unpaired) electrons. The van der Waals surface area contributed by atoms with Crippen LogP contribution in [0.3, 0.4) is 0 Å². The van der Waals surface area contributed by atoms with Crippen LogP contribution in [0.2, 0.25) is 13.1 Å². The molecule has 3 heteroatoms. The molecule has 0 aliphatic heterocycles. The van der Waals surface area contributed by atoms with Crippen molar-refractivity contribution in [3.63, 3.8) is 0 Å². The van der Waals surface area contributed by atoms with E-state index in [9.17, 15) is 0 Å². The zero-order valence-electron chi connectivity index (χ0n) is 13.2. The number of hydrogen-bond donors (Lipinski definition) is 0. The van der Waals surface area contributed by atoms with Crippen LogP contribution >= 0.6 is 15.9 Å². The van der Waals surface area contributed by atoms with Gasteiger partial charge in [-0.1, -0.05) is 88.5 Å². The van der Waals surface area contributed by atoms with Gasteiger partial charge in [0.2, 0.25) is 0 Å². The SMILES string of the molecule is C=CCCOC(C)/C(Br)=C/C=C/[Si](C)(C)c1ccccc1. The molecule has 1 atom stereocenters.